The van der Waals surface area contributed by atoms with Crippen LogP contribution in [0.5, 0.6) is 0 Å². The Kier molecular flexibility index (Phi) is 5.36. The van der Waals surface area contributed by atoms with Crippen LogP contribution in [0.3, 0.4) is 0 Å². The Balaban J connectivity index is 1.60. The molecule has 2 rings (SSSR count). The summed E-state index contributed by atoms with van der Waals surface area (Å²) in [5.41, 5.74) is 7.40. The van der Waals surface area contributed by atoms with Crippen LogP contribution < -0.4 is 5.73 Å². The maximum atomic E-state index is 5.97. The van der Waals surface area contributed by atoms with Gasteiger partial charge in [-0.3, -0.25) is 0 Å². The molecule has 17 heavy (non-hydrogen) atoms. The Morgan fingerprint density at radius 1 is 1.29 bits per heavy atom. The summed E-state index contributed by atoms with van der Waals surface area (Å²) in [4.78, 5) is 2.51. The van der Waals surface area contributed by atoms with Gasteiger partial charge in [0.05, 0.1) is 0 Å². The smallest absolute Gasteiger partial charge is 0.0185 e. The molecular formula is C14H22N2S. The Morgan fingerprint density at radius 3 is 2.88 bits per heavy atom. The van der Waals surface area contributed by atoms with Crippen LogP contribution in [0.4, 0.5) is 0 Å². The van der Waals surface area contributed by atoms with Gasteiger partial charge in [-0.1, -0.05) is 30.3 Å². The highest BCUT2D eigenvalue weighted by molar-refractivity contribution is 7.98. The zero-order valence-corrected chi connectivity index (χ0v) is 11.2. The lowest BCUT2D eigenvalue weighted by Crippen LogP contribution is -2.43. The normalized spacial score (nSPS) is 21.6. The molecule has 94 valence electrons. The average Bonchev–Trinajstić information content (AvgIpc) is 2.36. The molecule has 1 aromatic carbocycles. The third kappa shape index (κ3) is 4.70. The first-order chi connectivity index (χ1) is 8.34. The van der Waals surface area contributed by atoms with E-state index in [0.29, 0.717) is 6.04 Å². The highest BCUT2D eigenvalue weighted by Gasteiger charge is 2.15. The minimum absolute atomic E-state index is 0.405. The molecule has 1 aliphatic rings. The van der Waals surface area contributed by atoms with Crippen LogP contribution in [-0.2, 0) is 5.75 Å². The number of nitrogens with two attached hydrogens (primary N) is 1. The van der Waals surface area contributed by atoms with E-state index in [4.69, 9.17) is 5.73 Å². The number of hydrogen-bond acceptors (Lipinski definition) is 3. The van der Waals surface area contributed by atoms with Gasteiger partial charge in [0.25, 0.3) is 0 Å². The molecule has 0 amide bonds. The van der Waals surface area contributed by atoms with Gasteiger partial charge < -0.3 is 10.6 Å². The Morgan fingerprint density at radius 2 is 2.12 bits per heavy atom. The lowest BCUT2D eigenvalue weighted by atomic mass is 10.1. The van der Waals surface area contributed by atoms with E-state index in [1.54, 1.807) is 0 Å². The predicted molar refractivity (Wildman–Crippen MR) is 76.3 cm³/mol. The standard InChI is InChI=1S/C14H22N2S/c15-14-7-4-8-16(11-14)9-10-17-12-13-5-2-1-3-6-13/h1-3,5-6,14H,4,7-12,15H2. The predicted octanol–water partition coefficient (Wildman–Crippen LogP) is 2.34. The molecular weight excluding hydrogens is 228 g/mol. The monoisotopic (exact) mass is 250 g/mol. The van der Waals surface area contributed by atoms with Crippen molar-refractivity contribution in [3.05, 3.63) is 35.9 Å². The van der Waals surface area contributed by atoms with Crippen LogP contribution in [0.25, 0.3) is 0 Å². The molecule has 1 saturated heterocycles. The number of piperidine rings is 1. The second-order valence-corrected chi connectivity index (χ2v) is 5.85. The molecule has 1 atom stereocenters. The Labute approximate surface area is 109 Å². The first kappa shape index (κ1) is 12.9. The van der Waals surface area contributed by atoms with Crippen LogP contribution in [0.15, 0.2) is 30.3 Å². The number of likely N-dealkylation sites (tertiary alicyclic amines) is 1. The van der Waals surface area contributed by atoms with E-state index in [1.807, 2.05) is 11.8 Å². The molecule has 1 aromatic rings. The van der Waals surface area contributed by atoms with Crippen LogP contribution in [-0.4, -0.2) is 36.3 Å². The molecule has 0 radical (unpaired) electrons. The van der Waals surface area contributed by atoms with Gasteiger partial charge in [0.15, 0.2) is 0 Å². The van der Waals surface area contributed by atoms with Gasteiger partial charge in [-0.15, -0.1) is 0 Å². The SMILES string of the molecule is NC1CCCN(CCSCc2ccccc2)C1. The van der Waals surface area contributed by atoms with Crippen LogP contribution >= 0.6 is 11.8 Å². The first-order valence-corrected chi connectivity index (χ1v) is 7.59. The molecule has 0 saturated carbocycles. The number of thioether (sulfide) groups is 1. The Hall–Kier alpha value is -0.510. The van der Waals surface area contributed by atoms with Crippen molar-refractivity contribution in [3.8, 4) is 0 Å². The maximum Gasteiger partial charge on any atom is 0.0185 e. The van der Waals surface area contributed by atoms with Crippen molar-refractivity contribution < 1.29 is 0 Å². The largest absolute Gasteiger partial charge is 0.327 e. The van der Waals surface area contributed by atoms with Crippen molar-refractivity contribution in [2.75, 3.05) is 25.4 Å². The Bertz CT molecular complexity index is 315. The minimum Gasteiger partial charge on any atom is -0.327 e. The van der Waals surface area contributed by atoms with Gasteiger partial charge in [-0.25, -0.2) is 0 Å². The van der Waals surface area contributed by atoms with E-state index in [-0.39, 0.29) is 0 Å². The maximum absolute atomic E-state index is 5.97. The van der Waals surface area contributed by atoms with Crippen molar-refractivity contribution >= 4 is 11.8 Å². The number of hydrogen-bond donors (Lipinski definition) is 1. The van der Waals surface area contributed by atoms with Gasteiger partial charge >= 0.3 is 0 Å². The summed E-state index contributed by atoms with van der Waals surface area (Å²) in [6, 6.07) is 11.1. The molecule has 3 heteroatoms. The molecule has 2 N–H and O–H groups in total. The topological polar surface area (TPSA) is 29.3 Å². The first-order valence-electron chi connectivity index (χ1n) is 6.44. The van der Waals surface area contributed by atoms with Crippen molar-refractivity contribution in [2.24, 2.45) is 5.73 Å². The quantitative estimate of drug-likeness (QED) is 0.813. The molecule has 0 aromatic heterocycles. The molecule has 1 aliphatic heterocycles. The van der Waals surface area contributed by atoms with E-state index in [2.05, 4.69) is 35.2 Å². The van der Waals surface area contributed by atoms with Gasteiger partial charge in [-0.05, 0) is 24.9 Å². The summed E-state index contributed by atoms with van der Waals surface area (Å²) >= 11 is 2.02. The lowest BCUT2D eigenvalue weighted by molar-refractivity contribution is 0.221. The molecule has 2 nitrogen and oxygen atoms in total. The average molecular weight is 250 g/mol. The second-order valence-electron chi connectivity index (χ2n) is 4.74. The van der Waals surface area contributed by atoms with Crippen molar-refractivity contribution in [1.29, 1.82) is 0 Å². The molecule has 1 fully saturated rings. The van der Waals surface area contributed by atoms with Crippen molar-refractivity contribution in [2.45, 2.75) is 24.6 Å². The fourth-order valence-corrected chi connectivity index (χ4v) is 3.21. The molecule has 1 unspecified atom stereocenters. The van der Waals surface area contributed by atoms with Crippen molar-refractivity contribution in [3.63, 3.8) is 0 Å². The van der Waals surface area contributed by atoms with Gasteiger partial charge in [-0.2, -0.15) is 11.8 Å². The van der Waals surface area contributed by atoms with Gasteiger partial charge in [0.2, 0.25) is 0 Å². The highest BCUT2D eigenvalue weighted by Crippen LogP contribution is 2.13. The zero-order valence-electron chi connectivity index (χ0n) is 10.3. The summed E-state index contributed by atoms with van der Waals surface area (Å²) in [5, 5.41) is 0. The highest BCUT2D eigenvalue weighted by atomic mass is 32.2. The zero-order chi connectivity index (χ0) is 11.9. The third-order valence-electron chi connectivity index (χ3n) is 3.21. The molecule has 1 heterocycles. The summed E-state index contributed by atoms with van der Waals surface area (Å²) in [7, 11) is 0. The van der Waals surface area contributed by atoms with E-state index >= 15 is 0 Å². The molecule has 0 aliphatic carbocycles. The van der Waals surface area contributed by atoms with Gasteiger partial charge in [0, 0.05) is 30.6 Å². The molecule has 0 spiro atoms. The fourth-order valence-electron chi connectivity index (χ4n) is 2.25. The summed E-state index contributed by atoms with van der Waals surface area (Å²) in [5.74, 6) is 2.34. The minimum atomic E-state index is 0.405. The number of rotatable bonds is 5. The summed E-state index contributed by atoms with van der Waals surface area (Å²) in [6.07, 6.45) is 2.47. The molecule has 0 bridgehead atoms. The lowest BCUT2D eigenvalue weighted by Gasteiger charge is -2.30. The third-order valence-corrected chi connectivity index (χ3v) is 4.21. The van der Waals surface area contributed by atoms with E-state index in [1.165, 1.54) is 37.2 Å². The van der Waals surface area contributed by atoms with Crippen LogP contribution in [0, 0.1) is 0 Å². The number of nitrogens with zero attached hydrogens (tertiary/aromatic N) is 1. The van der Waals surface area contributed by atoms with Crippen molar-refractivity contribution in [1.82, 2.24) is 4.90 Å². The summed E-state index contributed by atoms with van der Waals surface area (Å²) in [6.45, 7) is 3.51. The van der Waals surface area contributed by atoms with E-state index in [0.717, 1.165) is 12.3 Å². The van der Waals surface area contributed by atoms with Gasteiger partial charge in [0.1, 0.15) is 0 Å². The fraction of sp³-hybridized carbons (Fsp3) is 0.571. The van der Waals surface area contributed by atoms with Crippen LogP contribution in [0.2, 0.25) is 0 Å². The number of benzene rings is 1. The van der Waals surface area contributed by atoms with E-state index in [9.17, 15) is 0 Å². The van der Waals surface area contributed by atoms with Crippen LogP contribution in [0.1, 0.15) is 18.4 Å². The summed E-state index contributed by atoms with van der Waals surface area (Å²) < 4.78 is 0. The second kappa shape index (κ2) is 7.04. The van der Waals surface area contributed by atoms with E-state index < -0.39 is 0 Å².